The van der Waals surface area contributed by atoms with Crippen molar-refractivity contribution in [1.82, 2.24) is 9.97 Å². The first-order valence-corrected chi connectivity index (χ1v) is 10.7. The minimum Gasteiger partial charge on any atom is -0.369 e. The van der Waals surface area contributed by atoms with E-state index in [0.29, 0.717) is 35.0 Å². The Kier molecular flexibility index (Phi) is 7.96. The second kappa shape index (κ2) is 10.9. The number of anilines is 3. The number of aromatic nitrogens is 2. The quantitative estimate of drug-likeness (QED) is 0.462. The summed E-state index contributed by atoms with van der Waals surface area (Å²) in [6.45, 7) is 3.63. The van der Waals surface area contributed by atoms with E-state index in [1.807, 2.05) is 0 Å². The molecule has 1 amide bonds. The molecule has 0 bridgehead atoms. The highest BCUT2D eigenvalue weighted by atomic mass is 19.1. The molecular formula is C22H31FN6O. The normalized spacial score (nSPS) is 18.6. The molecule has 0 spiro atoms. The fourth-order valence-electron chi connectivity index (χ4n) is 3.51. The zero-order valence-corrected chi connectivity index (χ0v) is 17.5. The molecule has 162 valence electrons. The van der Waals surface area contributed by atoms with Crippen molar-refractivity contribution in [3.05, 3.63) is 41.8 Å². The van der Waals surface area contributed by atoms with Gasteiger partial charge in [0.25, 0.3) is 5.91 Å². The van der Waals surface area contributed by atoms with Crippen molar-refractivity contribution in [2.75, 3.05) is 29.0 Å². The summed E-state index contributed by atoms with van der Waals surface area (Å²) in [6, 6.07) is 5.95. The van der Waals surface area contributed by atoms with Crippen LogP contribution in [0.2, 0.25) is 0 Å². The molecule has 1 aliphatic rings. The Labute approximate surface area is 177 Å². The highest BCUT2D eigenvalue weighted by Gasteiger charge is 2.20. The van der Waals surface area contributed by atoms with Crippen molar-refractivity contribution in [3.63, 3.8) is 0 Å². The number of halogens is 1. The maximum atomic E-state index is 13.1. The minimum atomic E-state index is -0.353. The third kappa shape index (κ3) is 6.38. The summed E-state index contributed by atoms with van der Waals surface area (Å²) >= 11 is 0. The number of nitrogens with zero attached hydrogens (tertiary/aromatic N) is 2. The Balaban J connectivity index is 1.72. The lowest BCUT2D eigenvalue weighted by Gasteiger charge is -2.26. The van der Waals surface area contributed by atoms with E-state index in [4.69, 9.17) is 5.73 Å². The van der Waals surface area contributed by atoms with Crippen molar-refractivity contribution in [2.45, 2.75) is 51.5 Å². The Morgan fingerprint density at radius 2 is 1.90 bits per heavy atom. The smallest absolute Gasteiger partial charge is 0.260 e. The molecule has 1 aliphatic carbocycles. The average molecular weight is 415 g/mol. The van der Waals surface area contributed by atoms with Gasteiger partial charge in [0.15, 0.2) is 0 Å². The molecule has 1 fully saturated rings. The number of benzene rings is 1. The van der Waals surface area contributed by atoms with Crippen LogP contribution in [-0.4, -0.2) is 35.0 Å². The maximum Gasteiger partial charge on any atom is 0.260 e. The van der Waals surface area contributed by atoms with Crippen molar-refractivity contribution < 1.29 is 9.18 Å². The Morgan fingerprint density at radius 1 is 1.17 bits per heavy atom. The van der Waals surface area contributed by atoms with E-state index in [9.17, 15) is 9.18 Å². The molecule has 1 aromatic heterocycles. The van der Waals surface area contributed by atoms with Gasteiger partial charge in [0.2, 0.25) is 5.95 Å². The van der Waals surface area contributed by atoms with Gasteiger partial charge in [0.05, 0.1) is 0 Å². The van der Waals surface area contributed by atoms with Crippen LogP contribution in [0, 0.1) is 11.7 Å². The predicted molar refractivity (Wildman–Crippen MR) is 118 cm³/mol. The minimum absolute atomic E-state index is 0.298. The third-order valence-corrected chi connectivity index (χ3v) is 5.40. The maximum absolute atomic E-state index is 13.1. The van der Waals surface area contributed by atoms with E-state index in [-0.39, 0.29) is 11.7 Å². The van der Waals surface area contributed by atoms with Crippen LogP contribution in [-0.2, 0) is 0 Å². The summed E-state index contributed by atoms with van der Waals surface area (Å²) in [5.41, 5.74) is 6.87. The number of amides is 1. The highest BCUT2D eigenvalue weighted by molar-refractivity contribution is 6.07. The largest absolute Gasteiger partial charge is 0.369 e. The first-order valence-electron chi connectivity index (χ1n) is 10.7. The number of hydrogen-bond donors (Lipinski definition) is 4. The Bertz CT molecular complexity index is 821. The summed E-state index contributed by atoms with van der Waals surface area (Å²) in [4.78, 5) is 21.7. The summed E-state index contributed by atoms with van der Waals surface area (Å²) in [7, 11) is 0. The lowest BCUT2D eigenvalue weighted by molar-refractivity contribution is 0.102. The number of nitrogens with two attached hydrogens (primary N) is 1. The van der Waals surface area contributed by atoms with Crippen molar-refractivity contribution in [3.8, 4) is 0 Å². The summed E-state index contributed by atoms with van der Waals surface area (Å²) in [5.74, 6) is 0.806. The van der Waals surface area contributed by atoms with Crippen LogP contribution in [0.4, 0.5) is 21.8 Å². The van der Waals surface area contributed by atoms with E-state index in [1.54, 1.807) is 0 Å². The van der Waals surface area contributed by atoms with Gasteiger partial charge in [0, 0.05) is 31.0 Å². The lowest BCUT2D eigenvalue weighted by Crippen LogP contribution is -2.29. The fraction of sp³-hybridized carbons (Fsp3) is 0.500. The van der Waals surface area contributed by atoms with Gasteiger partial charge in [-0.25, -0.2) is 9.37 Å². The van der Waals surface area contributed by atoms with Gasteiger partial charge in [-0.2, -0.15) is 4.98 Å². The van der Waals surface area contributed by atoms with Gasteiger partial charge in [-0.1, -0.05) is 13.3 Å². The molecular weight excluding hydrogens is 383 g/mol. The van der Waals surface area contributed by atoms with Crippen LogP contribution in [0.3, 0.4) is 0 Å². The first kappa shape index (κ1) is 22.0. The summed E-state index contributed by atoms with van der Waals surface area (Å²) in [5, 5.41) is 9.33. The molecule has 0 saturated heterocycles. The molecule has 3 rings (SSSR count). The van der Waals surface area contributed by atoms with Gasteiger partial charge in [0.1, 0.15) is 17.2 Å². The van der Waals surface area contributed by atoms with Crippen LogP contribution in [0.15, 0.2) is 30.5 Å². The third-order valence-electron chi connectivity index (χ3n) is 5.40. The number of unbranched alkanes of at least 4 members (excludes halogenated alkanes) is 1. The van der Waals surface area contributed by atoms with E-state index in [1.165, 1.54) is 30.5 Å². The van der Waals surface area contributed by atoms with Crippen LogP contribution in [0.1, 0.15) is 55.8 Å². The van der Waals surface area contributed by atoms with E-state index in [0.717, 1.165) is 51.6 Å². The van der Waals surface area contributed by atoms with Gasteiger partial charge in [-0.15, -0.1) is 0 Å². The molecule has 8 heteroatoms. The number of hydrogen-bond acceptors (Lipinski definition) is 6. The number of carbonyl (C=O) groups excluding carboxylic acids is 1. The summed E-state index contributed by atoms with van der Waals surface area (Å²) < 4.78 is 13.1. The Morgan fingerprint density at radius 3 is 2.60 bits per heavy atom. The second-order valence-electron chi connectivity index (χ2n) is 7.86. The molecule has 0 aliphatic heterocycles. The zero-order valence-electron chi connectivity index (χ0n) is 17.5. The lowest BCUT2D eigenvalue weighted by atomic mass is 9.86. The summed E-state index contributed by atoms with van der Waals surface area (Å²) in [6.07, 6.45) is 7.80. The second-order valence-corrected chi connectivity index (χ2v) is 7.86. The van der Waals surface area contributed by atoms with Gasteiger partial charge in [-0.3, -0.25) is 4.79 Å². The van der Waals surface area contributed by atoms with Gasteiger partial charge >= 0.3 is 0 Å². The molecule has 1 heterocycles. The molecule has 0 atom stereocenters. The first-order chi connectivity index (χ1) is 14.5. The molecule has 1 aromatic carbocycles. The van der Waals surface area contributed by atoms with E-state index in [2.05, 4.69) is 32.8 Å². The molecule has 30 heavy (non-hydrogen) atoms. The topological polar surface area (TPSA) is 105 Å². The van der Waals surface area contributed by atoms with E-state index >= 15 is 0 Å². The van der Waals surface area contributed by atoms with Crippen LogP contribution < -0.4 is 21.7 Å². The molecule has 1 saturated carbocycles. The van der Waals surface area contributed by atoms with Crippen molar-refractivity contribution >= 4 is 23.4 Å². The highest BCUT2D eigenvalue weighted by Crippen LogP contribution is 2.24. The van der Waals surface area contributed by atoms with Gasteiger partial charge < -0.3 is 21.7 Å². The van der Waals surface area contributed by atoms with Gasteiger partial charge in [-0.05, 0) is 62.3 Å². The standard InChI is InChI=1S/C22H31FN6O/c1-2-3-12-25-22-27-14-19(21(30)28-18-10-6-16(23)7-11-18)20(29-22)26-13-15-4-8-17(24)9-5-15/h6-7,10-11,14-15,17H,2-5,8-9,12-13,24H2,1H3,(H,28,30)(H2,25,26,27,29)/t15-,17-. The molecule has 0 radical (unpaired) electrons. The van der Waals surface area contributed by atoms with Crippen LogP contribution in [0.5, 0.6) is 0 Å². The SMILES string of the molecule is CCCCNc1ncc(C(=O)Nc2ccc(F)cc2)c(NC[C@H]2CC[C@H](N)CC2)n1. The van der Waals surface area contributed by atoms with Crippen molar-refractivity contribution in [2.24, 2.45) is 11.7 Å². The predicted octanol–water partition coefficient (Wildman–Crippen LogP) is 4.01. The van der Waals surface area contributed by atoms with Crippen molar-refractivity contribution in [1.29, 1.82) is 0 Å². The number of rotatable bonds is 9. The Hall–Kier alpha value is -2.74. The zero-order chi connectivity index (χ0) is 21.3. The fourth-order valence-corrected chi connectivity index (χ4v) is 3.51. The van der Waals surface area contributed by atoms with Crippen LogP contribution >= 0.6 is 0 Å². The number of carbonyl (C=O) groups is 1. The average Bonchev–Trinajstić information content (AvgIpc) is 2.75. The molecule has 2 aromatic rings. The van der Waals surface area contributed by atoms with Crippen LogP contribution in [0.25, 0.3) is 0 Å². The molecule has 7 nitrogen and oxygen atoms in total. The molecule has 0 unspecified atom stereocenters. The number of nitrogens with one attached hydrogen (secondary N) is 3. The molecule has 5 N–H and O–H groups in total. The monoisotopic (exact) mass is 414 g/mol. The van der Waals surface area contributed by atoms with E-state index < -0.39 is 0 Å².